The molecule has 144 valence electrons. The van der Waals surface area contributed by atoms with Gasteiger partial charge in [0.1, 0.15) is 12.4 Å². The average Bonchev–Trinajstić information content (AvgIpc) is 3.27. The topological polar surface area (TPSA) is 58.6 Å². The maximum Gasteiger partial charge on any atom is 0.253 e. The van der Waals surface area contributed by atoms with Gasteiger partial charge < -0.3 is 9.64 Å². The van der Waals surface area contributed by atoms with Gasteiger partial charge in [0, 0.05) is 56.1 Å². The number of thiazole rings is 1. The number of pyridine rings is 1. The molecule has 3 heterocycles. The lowest BCUT2D eigenvalue weighted by atomic mass is 10.1. The van der Waals surface area contributed by atoms with E-state index in [2.05, 4.69) is 14.9 Å². The number of piperazine rings is 1. The number of rotatable bonds is 6. The lowest BCUT2D eigenvalue weighted by molar-refractivity contribution is 0.0628. The number of hydrogen-bond acceptors (Lipinski definition) is 6. The summed E-state index contributed by atoms with van der Waals surface area (Å²) in [5.41, 5.74) is 4.65. The molecule has 7 heteroatoms. The van der Waals surface area contributed by atoms with E-state index >= 15 is 0 Å². The van der Waals surface area contributed by atoms with Crippen molar-refractivity contribution < 1.29 is 9.53 Å². The molecule has 3 aromatic rings. The lowest BCUT2D eigenvalue weighted by Crippen LogP contribution is -2.48. The molecule has 0 N–H and O–H groups in total. The zero-order valence-corrected chi connectivity index (χ0v) is 16.3. The third-order valence-corrected chi connectivity index (χ3v) is 5.42. The van der Waals surface area contributed by atoms with Crippen molar-refractivity contribution in [3.05, 3.63) is 76.5 Å². The zero-order valence-electron chi connectivity index (χ0n) is 15.5. The zero-order chi connectivity index (χ0) is 19.2. The summed E-state index contributed by atoms with van der Waals surface area (Å²) < 4.78 is 5.71. The molecule has 0 atom stereocenters. The number of ether oxygens (including phenoxy) is 1. The molecular weight excluding hydrogens is 372 g/mol. The highest BCUT2D eigenvalue weighted by Crippen LogP contribution is 2.17. The Hall–Kier alpha value is -2.77. The molecule has 0 bridgehead atoms. The summed E-state index contributed by atoms with van der Waals surface area (Å²) in [5, 5.41) is 1.96. The van der Waals surface area contributed by atoms with Crippen molar-refractivity contribution in [2.24, 2.45) is 0 Å². The van der Waals surface area contributed by atoms with Gasteiger partial charge in [0.05, 0.1) is 11.2 Å². The molecule has 0 radical (unpaired) electrons. The number of hydrogen-bond donors (Lipinski definition) is 0. The van der Waals surface area contributed by atoms with Crippen LogP contribution >= 0.6 is 11.3 Å². The first-order chi connectivity index (χ1) is 13.8. The second-order valence-electron chi connectivity index (χ2n) is 6.72. The van der Waals surface area contributed by atoms with Gasteiger partial charge in [-0.1, -0.05) is 0 Å². The Morgan fingerprint density at radius 1 is 1.04 bits per heavy atom. The first-order valence-electron chi connectivity index (χ1n) is 9.28. The largest absolute Gasteiger partial charge is 0.487 e. The SMILES string of the molecule is O=C(c1ccc(OCc2cscn2)cc1)N1CCN(Cc2ccncc2)CC1. The number of carbonyl (C=O) groups excluding carboxylic acids is 1. The summed E-state index contributed by atoms with van der Waals surface area (Å²) in [5.74, 6) is 0.821. The Balaban J connectivity index is 1.27. The minimum Gasteiger partial charge on any atom is -0.487 e. The van der Waals surface area contributed by atoms with E-state index in [1.165, 1.54) is 5.56 Å². The van der Waals surface area contributed by atoms with Crippen molar-refractivity contribution in [1.82, 2.24) is 19.8 Å². The molecule has 1 aliphatic heterocycles. The van der Waals surface area contributed by atoms with Crippen molar-refractivity contribution in [3.8, 4) is 5.75 Å². The Morgan fingerprint density at radius 3 is 2.46 bits per heavy atom. The van der Waals surface area contributed by atoms with Crippen molar-refractivity contribution in [2.75, 3.05) is 26.2 Å². The van der Waals surface area contributed by atoms with E-state index in [9.17, 15) is 4.79 Å². The summed E-state index contributed by atoms with van der Waals surface area (Å²) in [6, 6.07) is 11.4. The van der Waals surface area contributed by atoms with Gasteiger partial charge in [0.2, 0.25) is 0 Å². The van der Waals surface area contributed by atoms with Gasteiger partial charge in [-0.25, -0.2) is 4.98 Å². The highest BCUT2D eigenvalue weighted by atomic mass is 32.1. The molecule has 1 saturated heterocycles. The van der Waals surface area contributed by atoms with Gasteiger partial charge in [-0.15, -0.1) is 11.3 Å². The van der Waals surface area contributed by atoms with Crippen molar-refractivity contribution in [2.45, 2.75) is 13.2 Å². The molecule has 1 aliphatic rings. The standard InChI is InChI=1S/C21H22N4O2S/c26-21(18-1-3-20(4-2-18)27-14-19-15-28-16-23-19)25-11-9-24(10-12-25)13-17-5-7-22-8-6-17/h1-8,15-16H,9-14H2. The highest BCUT2D eigenvalue weighted by molar-refractivity contribution is 7.07. The Bertz CT molecular complexity index is 877. The van der Waals surface area contributed by atoms with Gasteiger partial charge >= 0.3 is 0 Å². The second-order valence-corrected chi connectivity index (χ2v) is 7.44. The first-order valence-corrected chi connectivity index (χ1v) is 10.2. The molecule has 0 aliphatic carbocycles. The molecule has 1 amide bonds. The minimum atomic E-state index is 0.0783. The van der Waals surface area contributed by atoms with Gasteiger partial charge in [-0.05, 0) is 42.0 Å². The molecule has 4 rings (SSSR count). The fraction of sp³-hybridized carbons (Fsp3) is 0.286. The summed E-state index contributed by atoms with van der Waals surface area (Å²) in [7, 11) is 0. The Kier molecular flexibility index (Phi) is 5.94. The number of benzene rings is 1. The number of carbonyl (C=O) groups is 1. The van der Waals surface area contributed by atoms with Crippen molar-refractivity contribution >= 4 is 17.2 Å². The van der Waals surface area contributed by atoms with Crippen LogP contribution in [0.3, 0.4) is 0 Å². The van der Waals surface area contributed by atoms with E-state index in [1.807, 2.05) is 59.1 Å². The monoisotopic (exact) mass is 394 g/mol. The van der Waals surface area contributed by atoms with Crippen LogP contribution in [-0.4, -0.2) is 51.9 Å². The van der Waals surface area contributed by atoms with Crippen LogP contribution in [-0.2, 0) is 13.2 Å². The smallest absolute Gasteiger partial charge is 0.253 e. The van der Waals surface area contributed by atoms with Crippen LogP contribution in [0.15, 0.2) is 59.7 Å². The predicted molar refractivity (Wildman–Crippen MR) is 108 cm³/mol. The summed E-state index contributed by atoms with van der Waals surface area (Å²) in [4.78, 5) is 25.3. The molecule has 2 aromatic heterocycles. The summed E-state index contributed by atoms with van der Waals surface area (Å²) in [6.07, 6.45) is 3.64. The maximum atomic E-state index is 12.8. The van der Waals surface area contributed by atoms with E-state index in [1.54, 1.807) is 16.8 Å². The third kappa shape index (κ3) is 4.74. The van der Waals surface area contributed by atoms with Gasteiger partial charge in [-0.3, -0.25) is 14.7 Å². The summed E-state index contributed by atoms with van der Waals surface area (Å²) in [6.45, 7) is 4.58. The van der Waals surface area contributed by atoms with Crippen LogP contribution < -0.4 is 4.74 Å². The molecule has 0 saturated carbocycles. The molecular formula is C21H22N4O2S. The molecule has 6 nitrogen and oxygen atoms in total. The number of nitrogens with zero attached hydrogens (tertiary/aromatic N) is 4. The highest BCUT2D eigenvalue weighted by Gasteiger charge is 2.22. The number of amides is 1. The van der Waals surface area contributed by atoms with Gasteiger partial charge in [0.15, 0.2) is 0 Å². The van der Waals surface area contributed by atoms with E-state index < -0.39 is 0 Å². The van der Waals surface area contributed by atoms with E-state index in [0.29, 0.717) is 12.2 Å². The maximum absolute atomic E-state index is 12.8. The van der Waals surface area contributed by atoms with E-state index in [-0.39, 0.29) is 5.91 Å². The molecule has 28 heavy (non-hydrogen) atoms. The van der Waals surface area contributed by atoms with Gasteiger partial charge in [-0.2, -0.15) is 0 Å². The third-order valence-electron chi connectivity index (χ3n) is 4.79. The van der Waals surface area contributed by atoms with Crippen molar-refractivity contribution in [1.29, 1.82) is 0 Å². The predicted octanol–water partition coefficient (Wildman–Crippen LogP) is 3.08. The van der Waals surface area contributed by atoms with Crippen molar-refractivity contribution in [3.63, 3.8) is 0 Å². The average molecular weight is 395 g/mol. The fourth-order valence-electron chi connectivity index (χ4n) is 3.20. The van der Waals surface area contributed by atoms with Crippen LogP contribution in [0.5, 0.6) is 5.75 Å². The summed E-state index contributed by atoms with van der Waals surface area (Å²) >= 11 is 1.55. The number of aromatic nitrogens is 2. The van der Waals surface area contributed by atoms with Crippen LogP contribution in [0.4, 0.5) is 0 Å². The van der Waals surface area contributed by atoms with Crippen LogP contribution in [0, 0.1) is 0 Å². The van der Waals surface area contributed by atoms with Crippen LogP contribution in [0.25, 0.3) is 0 Å². The quantitative estimate of drug-likeness (QED) is 0.643. The first kappa shape index (κ1) is 18.6. The molecule has 1 aromatic carbocycles. The second kappa shape index (κ2) is 8.95. The van der Waals surface area contributed by atoms with E-state index in [0.717, 1.165) is 44.2 Å². The fourth-order valence-corrected chi connectivity index (χ4v) is 3.74. The molecule has 1 fully saturated rings. The molecule has 0 unspecified atom stereocenters. The minimum absolute atomic E-state index is 0.0783. The van der Waals surface area contributed by atoms with Crippen LogP contribution in [0.1, 0.15) is 21.6 Å². The molecule has 0 spiro atoms. The van der Waals surface area contributed by atoms with E-state index in [4.69, 9.17) is 4.74 Å². The Morgan fingerprint density at radius 2 is 1.79 bits per heavy atom. The Labute approximate surface area is 168 Å². The normalized spacial score (nSPS) is 14.8. The lowest BCUT2D eigenvalue weighted by Gasteiger charge is -2.34. The van der Waals surface area contributed by atoms with Crippen LogP contribution in [0.2, 0.25) is 0 Å². The van der Waals surface area contributed by atoms with Gasteiger partial charge in [0.25, 0.3) is 5.91 Å².